The Morgan fingerprint density at radius 3 is 3.14 bits per heavy atom. The lowest BCUT2D eigenvalue weighted by Crippen LogP contribution is -1.97. The van der Waals surface area contributed by atoms with Gasteiger partial charge in [-0.2, -0.15) is 5.10 Å². The molecule has 0 aliphatic carbocycles. The van der Waals surface area contributed by atoms with Crippen LogP contribution in [0.3, 0.4) is 0 Å². The van der Waals surface area contributed by atoms with Gasteiger partial charge in [0.1, 0.15) is 5.52 Å². The number of aryl methyl sites for hydroxylation is 1. The number of aliphatic carboxylic acids is 1. The summed E-state index contributed by atoms with van der Waals surface area (Å²) < 4.78 is 5.17. The van der Waals surface area contributed by atoms with E-state index in [4.69, 9.17) is 9.52 Å². The van der Waals surface area contributed by atoms with Gasteiger partial charge in [0, 0.05) is 6.42 Å². The van der Waals surface area contributed by atoms with Gasteiger partial charge < -0.3 is 9.52 Å². The van der Waals surface area contributed by atoms with Gasteiger partial charge in [0.25, 0.3) is 5.71 Å². The molecule has 14 heavy (non-hydrogen) atoms. The lowest BCUT2D eigenvalue weighted by molar-refractivity contribution is -0.137. The predicted molar refractivity (Wildman–Crippen MR) is 45.6 cm³/mol. The normalized spacial score (nSPS) is 10.6. The van der Waals surface area contributed by atoms with Gasteiger partial charge in [0.2, 0.25) is 0 Å². The van der Waals surface area contributed by atoms with E-state index in [9.17, 15) is 4.79 Å². The number of hydrogen-bond acceptors (Lipinski definition) is 5. The van der Waals surface area contributed by atoms with Gasteiger partial charge in [-0.05, 0) is 6.07 Å². The molecule has 72 valence electrons. The Labute approximate surface area is 78.6 Å². The minimum absolute atomic E-state index is 0.000248. The van der Waals surface area contributed by atoms with E-state index in [0.29, 0.717) is 17.1 Å². The van der Waals surface area contributed by atoms with Crippen LogP contribution in [0.2, 0.25) is 0 Å². The Morgan fingerprint density at radius 1 is 1.57 bits per heavy atom. The van der Waals surface area contributed by atoms with E-state index in [0.717, 1.165) is 0 Å². The van der Waals surface area contributed by atoms with Gasteiger partial charge in [-0.15, -0.1) is 5.10 Å². The Bertz CT molecular complexity index is 433. The predicted octanol–water partition coefficient (Wildman–Crippen LogP) is 0.635. The van der Waals surface area contributed by atoms with Crippen LogP contribution in [-0.2, 0) is 11.2 Å². The Morgan fingerprint density at radius 2 is 2.43 bits per heavy atom. The highest BCUT2D eigenvalue weighted by molar-refractivity contribution is 5.68. The molecule has 1 N–H and O–H groups in total. The molecule has 0 saturated carbocycles. The van der Waals surface area contributed by atoms with Gasteiger partial charge in [0.05, 0.1) is 12.6 Å². The van der Waals surface area contributed by atoms with Crippen molar-refractivity contribution in [3.63, 3.8) is 0 Å². The van der Waals surface area contributed by atoms with Crippen LogP contribution in [0.4, 0.5) is 0 Å². The topological polar surface area (TPSA) is 89.1 Å². The molecule has 6 heteroatoms. The van der Waals surface area contributed by atoms with Crippen LogP contribution in [0.25, 0.3) is 11.2 Å². The molecule has 0 radical (unpaired) electrons. The first-order chi connectivity index (χ1) is 6.75. The maximum Gasteiger partial charge on any atom is 0.303 e. The zero-order valence-corrected chi connectivity index (χ0v) is 7.17. The highest BCUT2D eigenvalue weighted by Crippen LogP contribution is 2.12. The van der Waals surface area contributed by atoms with Crippen molar-refractivity contribution in [2.24, 2.45) is 0 Å². The lowest BCUT2D eigenvalue weighted by atomic mass is 10.3. The molecule has 0 atom stereocenters. The molecule has 0 amide bonds. The maximum absolute atomic E-state index is 10.3. The Balaban J connectivity index is 2.22. The number of carbonyl (C=O) groups is 1. The van der Waals surface area contributed by atoms with Crippen LogP contribution in [0, 0.1) is 0 Å². The zero-order chi connectivity index (χ0) is 9.97. The van der Waals surface area contributed by atoms with E-state index in [2.05, 4.69) is 15.2 Å². The van der Waals surface area contributed by atoms with E-state index in [1.54, 1.807) is 6.07 Å². The summed E-state index contributed by atoms with van der Waals surface area (Å²) in [4.78, 5) is 14.3. The molecule has 0 spiro atoms. The second-order valence-corrected chi connectivity index (χ2v) is 2.72. The highest BCUT2D eigenvalue weighted by atomic mass is 16.4. The van der Waals surface area contributed by atoms with Crippen LogP contribution in [0.5, 0.6) is 0 Å². The van der Waals surface area contributed by atoms with Crippen molar-refractivity contribution in [1.82, 2.24) is 15.2 Å². The third-order valence-corrected chi connectivity index (χ3v) is 1.68. The molecule has 0 unspecified atom stereocenters. The van der Waals surface area contributed by atoms with E-state index in [-0.39, 0.29) is 12.8 Å². The monoisotopic (exact) mass is 193 g/mol. The van der Waals surface area contributed by atoms with Crippen molar-refractivity contribution < 1.29 is 14.3 Å². The third-order valence-electron chi connectivity index (χ3n) is 1.68. The summed E-state index contributed by atoms with van der Waals surface area (Å²) in [6.45, 7) is 0. The van der Waals surface area contributed by atoms with Crippen LogP contribution in [-0.4, -0.2) is 26.3 Å². The second-order valence-electron chi connectivity index (χ2n) is 2.72. The van der Waals surface area contributed by atoms with Crippen molar-refractivity contribution in [3.05, 3.63) is 18.2 Å². The summed E-state index contributed by atoms with van der Waals surface area (Å²) in [5, 5.41) is 15.8. The number of carboxylic acids is 1. The summed E-state index contributed by atoms with van der Waals surface area (Å²) in [7, 11) is 0. The average molecular weight is 193 g/mol. The smallest absolute Gasteiger partial charge is 0.303 e. The first-order valence-electron chi connectivity index (χ1n) is 4.04. The quantitative estimate of drug-likeness (QED) is 0.769. The van der Waals surface area contributed by atoms with Crippen LogP contribution >= 0.6 is 0 Å². The van der Waals surface area contributed by atoms with Gasteiger partial charge in [-0.3, -0.25) is 4.79 Å². The molecule has 0 saturated heterocycles. The van der Waals surface area contributed by atoms with Crippen molar-refractivity contribution in [3.8, 4) is 0 Å². The molecule has 0 bridgehead atoms. The minimum atomic E-state index is -0.877. The number of aromatic nitrogens is 3. The van der Waals surface area contributed by atoms with Crippen LogP contribution in [0.1, 0.15) is 12.3 Å². The van der Waals surface area contributed by atoms with Crippen LogP contribution in [0.15, 0.2) is 16.7 Å². The van der Waals surface area contributed by atoms with Crippen molar-refractivity contribution in [2.45, 2.75) is 12.8 Å². The van der Waals surface area contributed by atoms with Crippen molar-refractivity contribution >= 4 is 17.2 Å². The lowest BCUT2D eigenvalue weighted by Gasteiger charge is -1.88. The summed E-state index contributed by atoms with van der Waals surface area (Å²) >= 11 is 0. The van der Waals surface area contributed by atoms with E-state index < -0.39 is 5.97 Å². The van der Waals surface area contributed by atoms with E-state index in [1.165, 1.54) is 6.20 Å². The molecular formula is C8H7N3O3. The third kappa shape index (κ3) is 1.68. The standard InChI is InChI=1S/C8H7N3O3/c12-7(13)2-1-6-10-5-3-4-9-11-8(5)14-6/h3-4H,1-2H2,(H,12,13). The maximum atomic E-state index is 10.3. The molecule has 0 aromatic carbocycles. The Kier molecular flexibility index (Phi) is 2.10. The minimum Gasteiger partial charge on any atom is -0.481 e. The van der Waals surface area contributed by atoms with Gasteiger partial charge in [-0.1, -0.05) is 0 Å². The first-order valence-corrected chi connectivity index (χ1v) is 4.04. The summed E-state index contributed by atoms with van der Waals surface area (Å²) in [6.07, 6.45) is 1.78. The van der Waals surface area contributed by atoms with Crippen molar-refractivity contribution in [2.75, 3.05) is 0 Å². The number of carboxylic acid groups (broad SMARTS) is 1. The van der Waals surface area contributed by atoms with Crippen molar-refractivity contribution in [1.29, 1.82) is 0 Å². The number of hydrogen-bond donors (Lipinski definition) is 1. The second kappa shape index (κ2) is 3.41. The number of nitrogens with zero attached hydrogens (tertiary/aromatic N) is 3. The largest absolute Gasteiger partial charge is 0.481 e. The fraction of sp³-hybridized carbons (Fsp3) is 0.250. The molecule has 2 aromatic rings. The average Bonchev–Trinajstić information content (AvgIpc) is 2.57. The summed E-state index contributed by atoms with van der Waals surface area (Å²) in [5.74, 6) is -0.499. The molecular weight excluding hydrogens is 186 g/mol. The van der Waals surface area contributed by atoms with Gasteiger partial charge >= 0.3 is 5.97 Å². The van der Waals surface area contributed by atoms with Crippen LogP contribution < -0.4 is 0 Å². The molecule has 2 heterocycles. The number of fused-ring (bicyclic) bond motifs is 1. The zero-order valence-electron chi connectivity index (χ0n) is 7.17. The number of rotatable bonds is 3. The molecule has 2 rings (SSSR count). The molecule has 0 aliphatic rings. The first kappa shape index (κ1) is 8.61. The fourth-order valence-corrected chi connectivity index (χ4v) is 1.06. The van der Waals surface area contributed by atoms with E-state index in [1.807, 2.05) is 0 Å². The summed E-state index contributed by atoms with van der Waals surface area (Å²) in [5.41, 5.74) is 0.938. The molecule has 0 aliphatic heterocycles. The molecule has 2 aromatic heterocycles. The fourth-order valence-electron chi connectivity index (χ4n) is 1.06. The van der Waals surface area contributed by atoms with E-state index >= 15 is 0 Å². The van der Waals surface area contributed by atoms with Gasteiger partial charge in [-0.25, -0.2) is 4.98 Å². The Hall–Kier alpha value is -1.98. The number of oxazole rings is 1. The van der Waals surface area contributed by atoms with Gasteiger partial charge in [0.15, 0.2) is 5.89 Å². The molecule has 6 nitrogen and oxygen atoms in total. The molecule has 0 fully saturated rings. The highest BCUT2D eigenvalue weighted by Gasteiger charge is 2.07. The SMILES string of the molecule is O=C(O)CCc1nc2ccnnc2o1. The summed E-state index contributed by atoms with van der Waals surface area (Å²) in [6, 6.07) is 1.66.